The van der Waals surface area contributed by atoms with Crippen molar-refractivity contribution in [2.24, 2.45) is 0 Å². The summed E-state index contributed by atoms with van der Waals surface area (Å²) in [7, 11) is -2.98. The van der Waals surface area contributed by atoms with Gasteiger partial charge in [0.1, 0.15) is 11.6 Å². The van der Waals surface area contributed by atoms with Gasteiger partial charge in [-0.15, -0.1) is 0 Å². The van der Waals surface area contributed by atoms with Crippen LogP contribution < -0.4 is 10.0 Å². The Bertz CT molecular complexity index is 921. The summed E-state index contributed by atoms with van der Waals surface area (Å²) in [6.07, 6.45) is 0.341. The number of methoxy groups -OCH3 is 1. The van der Waals surface area contributed by atoms with Crippen LogP contribution in [0.2, 0.25) is 0 Å². The minimum Gasteiger partial charge on any atom is -0.468 e. The fourth-order valence-electron chi connectivity index (χ4n) is 2.76. The van der Waals surface area contributed by atoms with E-state index in [-0.39, 0.29) is 17.0 Å². The minimum absolute atomic E-state index is 0.109. The molecule has 1 aromatic rings. The third-order valence-electron chi connectivity index (χ3n) is 4.27. The lowest BCUT2D eigenvalue weighted by atomic mass is 9.96. The summed E-state index contributed by atoms with van der Waals surface area (Å²) in [6.45, 7) is 8.81. The lowest BCUT2D eigenvalue weighted by molar-refractivity contribution is -0.384. The first-order valence-corrected chi connectivity index (χ1v) is 11.4. The van der Waals surface area contributed by atoms with Gasteiger partial charge in [-0.2, -0.15) is 4.72 Å². The van der Waals surface area contributed by atoms with Crippen molar-refractivity contribution in [2.75, 3.05) is 7.11 Å². The molecular weight excluding hydrogens is 442 g/mol. The van der Waals surface area contributed by atoms with Crippen LogP contribution in [0.3, 0.4) is 0 Å². The number of hydrogen-bond acceptors (Lipinski definition) is 8. The lowest BCUT2D eigenvalue weighted by Gasteiger charge is -2.29. The highest BCUT2D eigenvalue weighted by atomic mass is 32.2. The molecule has 0 heterocycles. The van der Waals surface area contributed by atoms with E-state index >= 15 is 0 Å². The van der Waals surface area contributed by atoms with Gasteiger partial charge in [0.25, 0.3) is 5.69 Å². The van der Waals surface area contributed by atoms with Gasteiger partial charge >= 0.3 is 12.1 Å². The zero-order valence-electron chi connectivity index (χ0n) is 19.1. The minimum atomic E-state index is -4.13. The number of nitro benzene ring substituents is 1. The highest BCUT2D eigenvalue weighted by molar-refractivity contribution is 7.89. The molecule has 0 aliphatic carbocycles. The van der Waals surface area contributed by atoms with Gasteiger partial charge in [0.05, 0.1) is 16.9 Å². The van der Waals surface area contributed by atoms with E-state index in [0.29, 0.717) is 12.8 Å². The normalized spacial score (nSPS) is 13.2. The Hall–Kier alpha value is -2.73. The molecular formula is C20H31N3O8S. The van der Waals surface area contributed by atoms with Crippen LogP contribution in [0.1, 0.15) is 53.9 Å². The standard InChI is InChI=1S/C20H31N3O8S/c1-19(2,3)31-18(25)21-20(4,5)13-7-8-16(17(24)30-6)22-32(28,29)15-11-9-14(10-12-15)23(26)27/h9-12,16,22H,7-8,13H2,1-6H3,(H,21,25)/t16-/m0/s1. The number of esters is 1. The van der Waals surface area contributed by atoms with Crippen LogP contribution in [0.15, 0.2) is 29.2 Å². The molecule has 1 amide bonds. The second kappa shape index (κ2) is 10.7. The van der Waals surface area contributed by atoms with Crippen LogP contribution in [0.25, 0.3) is 0 Å². The van der Waals surface area contributed by atoms with Crippen molar-refractivity contribution in [1.29, 1.82) is 0 Å². The number of amides is 1. The molecule has 32 heavy (non-hydrogen) atoms. The summed E-state index contributed by atoms with van der Waals surface area (Å²) in [4.78, 5) is 34.0. The van der Waals surface area contributed by atoms with Gasteiger partial charge in [0.15, 0.2) is 0 Å². The van der Waals surface area contributed by atoms with Gasteiger partial charge < -0.3 is 14.8 Å². The van der Waals surface area contributed by atoms with E-state index in [9.17, 15) is 28.1 Å². The van der Waals surface area contributed by atoms with Crippen LogP contribution in [-0.4, -0.2) is 49.7 Å². The molecule has 0 fully saturated rings. The Labute approximate surface area is 188 Å². The van der Waals surface area contributed by atoms with Gasteiger partial charge in [-0.1, -0.05) is 0 Å². The maximum atomic E-state index is 12.6. The van der Waals surface area contributed by atoms with Crippen molar-refractivity contribution in [3.63, 3.8) is 0 Å². The molecule has 0 saturated carbocycles. The number of ether oxygens (including phenoxy) is 2. The molecule has 180 valence electrons. The van der Waals surface area contributed by atoms with Crippen molar-refractivity contribution in [3.05, 3.63) is 34.4 Å². The Morgan fingerprint density at radius 3 is 2.16 bits per heavy atom. The van der Waals surface area contributed by atoms with E-state index < -0.39 is 44.2 Å². The predicted octanol–water partition coefficient (Wildman–Crippen LogP) is 2.89. The third kappa shape index (κ3) is 9.18. The first-order chi connectivity index (χ1) is 14.6. The molecule has 0 spiro atoms. The van der Waals surface area contributed by atoms with Crippen LogP contribution in [0.4, 0.5) is 10.5 Å². The summed E-state index contributed by atoms with van der Waals surface area (Å²) >= 11 is 0. The molecule has 0 radical (unpaired) electrons. The lowest BCUT2D eigenvalue weighted by Crippen LogP contribution is -2.46. The van der Waals surface area contributed by atoms with Crippen LogP contribution >= 0.6 is 0 Å². The third-order valence-corrected chi connectivity index (χ3v) is 5.76. The van der Waals surface area contributed by atoms with Gasteiger partial charge in [-0.05, 0) is 66.0 Å². The first kappa shape index (κ1) is 27.3. The fraction of sp³-hybridized carbons (Fsp3) is 0.600. The second-order valence-electron chi connectivity index (χ2n) is 8.85. The molecule has 0 saturated heterocycles. The van der Waals surface area contributed by atoms with Gasteiger partial charge in [-0.25, -0.2) is 13.2 Å². The molecule has 0 aromatic heterocycles. The summed E-state index contributed by atoms with van der Waals surface area (Å²) < 4.78 is 37.5. The SMILES string of the molecule is COC(=O)[C@H](CCCC(C)(C)NC(=O)OC(C)(C)C)NS(=O)(=O)c1ccc([N+](=O)[O-])cc1. The number of rotatable bonds is 10. The van der Waals surface area contributed by atoms with Crippen molar-refractivity contribution in [3.8, 4) is 0 Å². The maximum Gasteiger partial charge on any atom is 0.408 e. The number of nitro groups is 1. The van der Waals surface area contributed by atoms with Crippen molar-refractivity contribution >= 4 is 27.8 Å². The molecule has 1 atom stereocenters. The summed E-state index contributed by atoms with van der Waals surface area (Å²) in [5.74, 6) is -0.770. The summed E-state index contributed by atoms with van der Waals surface area (Å²) in [6, 6.07) is 3.13. The van der Waals surface area contributed by atoms with Gasteiger partial charge in [0.2, 0.25) is 10.0 Å². The molecule has 12 heteroatoms. The predicted molar refractivity (Wildman–Crippen MR) is 117 cm³/mol. The van der Waals surface area contributed by atoms with Gasteiger partial charge in [-0.3, -0.25) is 14.9 Å². The number of hydrogen-bond donors (Lipinski definition) is 2. The summed E-state index contributed by atoms with van der Waals surface area (Å²) in [5, 5.41) is 13.5. The first-order valence-electron chi connectivity index (χ1n) is 9.92. The van der Waals surface area contributed by atoms with Crippen molar-refractivity contribution < 1.29 is 32.4 Å². The van der Waals surface area contributed by atoms with Crippen molar-refractivity contribution in [2.45, 2.75) is 76.0 Å². The van der Waals surface area contributed by atoms with E-state index in [1.807, 2.05) is 0 Å². The average Bonchev–Trinajstić information content (AvgIpc) is 2.64. The quantitative estimate of drug-likeness (QED) is 0.299. The Kier molecular flexibility index (Phi) is 9.15. The highest BCUT2D eigenvalue weighted by Crippen LogP contribution is 2.19. The zero-order valence-corrected chi connectivity index (χ0v) is 19.9. The Balaban J connectivity index is 2.80. The Morgan fingerprint density at radius 1 is 1.12 bits per heavy atom. The van der Waals surface area contributed by atoms with Crippen LogP contribution in [0.5, 0.6) is 0 Å². The second-order valence-corrected chi connectivity index (χ2v) is 10.6. The molecule has 1 aromatic carbocycles. The molecule has 0 unspecified atom stereocenters. The topological polar surface area (TPSA) is 154 Å². The number of nitrogens with zero attached hydrogens (tertiary/aromatic N) is 1. The zero-order chi connectivity index (χ0) is 24.7. The smallest absolute Gasteiger partial charge is 0.408 e. The van der Waals surface area contributed by atoms with Gasteiger partial charge in [0, 0.05) is 17.7 Å². The number of carbonyl (C=O) groups is 2. The number of non-ortho nitro benzene ring substituents is 1. The number of nitrogens with one attached hydrogen (secondary N) is 2. The van der Waals surface area contributed by atoms with E-state index in [2.05, 4.69) is 10.0 Å². The molecule has 1 rings (SSSR count). The fourth-order valence-corrected chi connectivity index (χ4v) is 3.98. The molecule has 0 aliphatic heterocycles. The van der Waals surface area contributed by atoms with E-state index in [4.69, 9.17) is 9.47 Å². The summed E-state index contributed by atoms with van der Waals surface area (Å²) in [5.41, 5.74) is -1.57. The molecule has 2 N–H and O–H groups in total. The van der Waals surface area contributed by atoms with E-state index in [1.54, 1.807) is 34.6 Å². The monoisotopic (exact) mass is 473 g/mol. The van der Waals surface area contributed by atoms with E-state index in [1.165, 1.54) is 0 Å². The molecule has 0 bridgehead atoms. The van der Waals surface area contributed by atoms with E-state index in [0.717, 1.165) is 31.4 Å². The number of alkyl carbamates (subject to hydrolysis) is 1. The number of benzene rings is 1. The average molecular weight is 474 g/mol. The van der Waals surface area contributed by atoms with Crippen LogP contribution in [-0.2, 0) is 24.3 Å². The number of sulfonamides is 1. The maximum absolute atomic E-state index is 12.6. The largest absolute Gasteiger partial charge is 0.468 e. The molecule has 0 aliphatic rings. The Morgan fingerprint density at radius 2 is 1.69 bits per heavy atom. The van der Waals surface area contributed by atoms with Crippen LogP contribution in [0, 0.1) is 10.1 Å². The number of carbonyl (C=O) groups excluding carboxylic acids is 2. The van der Waals surface area contributed by atoms with Crippen molar-refractivity contribution in [1.82, 2.24) is 10.0 Å². The molecule has 11 nitrogen and oxygen atoms in total. The highest BCUT2D eigenvalue weighted by Gasteiger charge is 2.29.